The molecule has 0 aromatic heterocycles. The van der Waals surface area contributed by atoms with E-state index in [1.165, 1.54) is 0 Å². The number of hydrogen-bond acceptors (Lipinski definition) is 4. The number of rotatable bonds is 9. The Balaban J connectivity index is 2.09. The highest BCUT2D eigenvalue weighted by molar-refractivity contribution is 7.89. The second-order valence-corrected chi connectivity index (χ2v) is 7.86. The van der Waals surface area contributed by atoms with Crippen LogP contribution in [0.2, 0.25) is 0 Å². The van der Waals surface area contributed by atoms with E-state index in [9.17, 15) is 8.42 Å². The fraction of sp³-hybridized carbons (Fsp3) is 0.368. The van der Waals surface area contributed by atoms with E-state index in [1.54, 1.807) is 14.2 Å². The molecular formula is C19H25NO4S. The van der Waals surface area contributed by atoms with Gasteiger partial charge in [-0.2, -0.15) is 0 Å². The SMILES string of the molecule is COc1ccc(CC(CCS(N)(=O)=O)Cc2ccc(OC)cc2)cc1. The first-order chi connectivity index (χ1) is 11.9. The van der Waals surface area contributed by atoms with E-state index in [-0.39, 0.29) is 11.7 Å². The summed E-state index contributed by atoms with van der Waals surface area (Å²) in [6, 6.07) is 15.7. The molecule has 25 heavy (non-hydrogen) atoms. The van der Waals surface area contributed by atoms with Crippen LogP contribution in [0.5, 0.6) is 11.5 Å². The zero-order valence-corrected chi connectivity index (χ0v) is 15.5. The lowest BCUT2D eigenvalue weighted by Gasteiger charge is -2.17. The van der Waals surface area contributed by atoms with Crippen LogP contribution < -0.4 is 14.6 Å². The van der Waals surface area contributed by atoms with Crippen molar-refractivity contribution in [3.8, 4) is 11.5 Å². The molecular weight excluding hydrogens is 338 g/mol. The molecule has 2 rings (SSSR count). The van der Waals surface area contributed by atoms with Gasteiger partial charge in [-0.3, -0.25) is 0 Å². The molecule has 0 aliphatic heterocycles. The fourth-order valence-corrected chi connectivity index (χ4v) is 3.46. The Kier molecular flexibility index (Phi) is 6.84. The second-order valence-electron chi connectivity index (χ2n) is 6.13. The predicted octanol–water partition coefficient (Wildman–Crippen LogP) is 2.78. The van der Waals surface area contributed by atoms with Crippen LogP contribution in [-0.4, -0.2) is 28.4 Å². The summed E-state index contributed by atoms with van der Waals surface area (Å²) in [5.41, 5.74) is 2.29. The summed E-state index contributed by atoms with van der Waals surface area (Å²) < 4.78 is 33.1. The lowest BCUT2D eigenvalue weighted by Crippen LogP contribution is -2.20. The average Bonchev–Trinajstić information content (AvgIpc) is 2.60. The Labute approximate surface area is 149 Å². The van der Waals surface area contributed by atoms with Crippen LogP contribution in [-0.2, 0) is 22.9 Å². The highest BCUT2D eigenvalue weighted by Crippen LogP contribution is 2.22. The van der Waals surface area contributed by atoms with E-state index in [1.807, 2.05) is 48.5 Å². The molecule has 0 aliphatic carbocycles. The largest absolute Gasteiger partial charge is 0.497 e. The third-order valence-electron chi connectivity index (χ3n) is 4.18. The number of primary sulfonamides is 1. The molecule has 2 aromatic carbocycles. The van der Waals surface area contributed by atoms with Crippen molar-refractivity contribution in [1.29, 1.82) is 0 Å². The molecule has 0 amide bonds. The molecule has 0 bridgehead atoms. The lowest BCUT2D eigenvalue weighted by atomic mass is 9.90. The minimum atomic E-state index is -3.47. The topological polar surface area (TPSA) is 78.6 Å². The third-order valence-corrected chi connectivity index (χ3v) is 4.98. The predicted molar refractivity (Wildman–Crippen MR) is 99.5 cm³/mol. The summed E-state index contributed by atoms with van der Waals surface area (Å²) in [6.45, 7) is 0. The van der Waals surface area contributed by atoms with Crippen LogP contribution in [0.15, 0.2) is 48.5 Å². The summed E-state index contributed by atoms with van der Waals surface area (Å²) in [4.78, 5) is 0. The number of sulfonamides is 1. The number of methoxy groups -OCH3 is 2. The Bertz CT molecular complexity index is 706. The minimum absolute atomic E-state index is 0.00994. The molecule has 2 aromatic rings. The van der Waals surface area contributed by atoms with Crippen molar-refractivity contribution < 1.29 is 17.9 Å². The van der Waals surface area contributed by atoms with E-state index >= 15 is 0 Å². The maximum absolute atomic E-state index is 11.4. The van der Waals surface area contributed by atoms with Gasteiger partial charge in [-0.05, 0) is 60.6 Å². The van der Waals surface area contributed by atoms with Gasteiger partial charge < -0.3 is 9.47 Å². The van der Waals surface area contributed by atoms with Gasteiger partial charge in [0, 0.05) is 0 Å². The van der Waals surface area contributed by atoms with Crippen LogP contribution in [0.4, 0.5) is 0 Å². The van der Waals surface area contributed by atoms with Gasteiger partial charge in [0.2, 0.25) is 10.0 Å². The Morgan fingerprint density at radius 3 is 1.56 bits per heavy atom. The molecule has 0 saturated heterocycles. The van der Waals surface area contributed by atoms with E-state index in [2.05, 4.69) is 0 Å². The van der Waals surface area contributed by atoms with Crippen LogP contribution in [0, 0.1) is 5.92 Å². The smallest absolute Gasteiger partial charge is 0.209 e. The summed E-state index contributed by atoms with van der Waals surface area (Å²) >= 11 is 0. The summed E-state index contributed by atoms with van der Waals surface area (Å²) in [5, 5.41) is 5.19. The summed E-state index contributed by atoms with van der Waals surface area (Å²) in [7, 11) is -0.200. The van der Waals surface area contributed by atoms with E-state index in [0.29, 0.717) is 6.42 Å². The number of ether oxygens (including phenoxy) is 2. The molecule has 0 spiro atoms. The Morgan fingerprint density at radius 1 is 0.840 bits per heavy atom. The highest BCUT2D eigenvalue weighted by Gasteiger charge is 2.15. The standard InChI is InChI=1S/C19H25NO4S/c1-23-18-7-3-15(4-8-18)13-17(11-12-25(20,21)22)14-16-5-9-19(24-2)10-6-16/h3-10,17H,11-14H2,1-2H3,(H2,20,21,22). The van der Waals surface area contributed by atoms with Crippen LogP contribution >= 0.6 is 0 Å². The zero-order valence-electron chi connectivity index (χ0n) is 14.6. The first kappa shape index (κ1) is 19.3. The first-order valence-electron chi connectivity index (χ1n) is 8.16. The summed E-state index contributed by atoms with van der Waals surface area (Å²) in [5.74, 6) is 1.78. The molecule has 0 radical (unpaired) electrons. The molecule has 0 aliphatic rings. The molecule has 0 heterocycles. The van der Waals surface area contributed by atoms with Gasteiger partial charge >= 0.3 is 0 Å². The van der Waals surface area contributed by atoms with E-state index in [4.69, 9.17) is 14.6 Å². The normalized spacial score (nSPS) is 11.5. The van der Waals surface area contributed by atoms with Crippen molar-refractivity contribution in [1.82, 2.24) is 0 Å². The molecule has 0 saturated carbocycles. The maximum Gasteiger partial charge on any atom is 0.209 e. The van der Waals surface area contributed by atoms with Crippen molar-refractivity contribution >= 4 is 10.0 Å². The van der Waals surface area contributed by atoms with Gasteiger partial charge in [-0.25, -0.2) is 13.6 Å². The van der Waals surface area contributed by atoms with Gasteiger partial charge in [-0.1, -0.05) is 24.3 Å². The van der Waals surface area contributed by atoms with Gasteiger partial charge in [0.15, 0.2) is 0 Å². The molecule has 0 fully saturated rings. The van der Waals surface area contributed by atoms with Gasteiger partial charge in [0.25, 0.3) is 0 Å². The number of benzene rings is 2. The van der Waals surface area contributed by atoms with Crippen molar-refractivity contribution in [3.05, 3.63) is 59.7 Å². The van der Waals surface area contributed by atoms with Crippen LogP contribution in [0.3, 0.4) is 0 Å². The van der Waals surface area contributed by atoms with Gasteiger partial charge in [-0.15, -0.1) is 0 Å². The van der Waals surface area contributed by atoms with Crippen LogP contribution in [0.25, 0.3) is 0 Å². The van der Waals surface area contributed by atoms with Gasteiger partial charge in [0.1, 0.15) is 11.5 Å². The van der Waals surface area contributed by atoms with E-state index in [0.717, 1.165) is 35.5 Å². The monoisotopic (exact) mass is 363 g/mol. The molecule has 2 N–H and O–H groups in total. The minimum Gasteiger partial charge on any atom is -0.497 e. The molecule has 0 atom stereocenters. The quantitative estimate of drug-likeness (QED) is 0.743. The van der Waals surface area contributed by atoms with Crippen molar-refractivity contribution in [2.45, 2.75) is 19.3 Å². The number of nitrogens with two attached hydrogens (primary N) is 1. The van der Waals surface area contributed by atoms with Crippen LogP contribution in [0.1, 0.15) is 17.5 Å². The Hall–Kier alpha value is -2.05. The zero-order chi connectivity index (χ0) is 18.3. The van der Waals surface area contributed by atoms with Crippen molar-refractivity contribution in [2.75, 3.05) is 20.0 Å². The highest BCUT2D eigenvalue weighted by atomic mass is 32.2. The first-order valence-corrected chi connectivity index (χ1v) is 9.87. The maximum atomic E-state index is 11.4. The molecule has 6 heteroatoms. The second kappa shape index (κ2) is 8.87. The van der Waals surface area contributed by atoms with Crippen molar-refractivity contribution in [2.24, 2.45) is 11.1 Å². The lowest BCUT2D eigenvalue weighted by molar-refractivity contribution is 0.414. The van der Waals surface area contributed by atoms with Gasteiger partial charge in [0.05, 0.1) is 20.0 Å². The molecule has 136 valence electrons. The number of hydrogen-bond donors (Lipinski definition) is 1. The molecule has 0 unspecified atom stereocenters. The van der Waals surface area contributed by atoms with E-state index < -0.39 is 10.0 Å². The average molecular weight is 363 g/mol. The summed E-state index contributed by atoms with van der Waals surface area (Å²) in [6.07, 6.45) is 2.09. The Morgan fingerprint density at radius 2 is 1.24 bits per heavy atom. The molecule has 5 nitrogen and oxygen atoms in total. The third kappa shape index (κ3) is 6.76. The fourth-order valence-electron chi connectivity index (χ4n) is 2.80. The van der Waals surface area contributed by atoms with Crippen molar-refractivity contribution in [3.63, 3.8) is 0 Å².